The van der Waals surface area contributed by atoms with Crippen LogP contribution in [0.3, 0.4) is 0 Å². The Morgan fingerprint density at radius 2 is 2.33 bits per heavy atom. The van der Waals surface area contributed by atoms with Crippen LogP contribution in [0.15, 0.2) is 36.7 Å². The summed E-state index contributed by atoms with van der Waals surface area (Å²) < 4.78 is 1.76. The molecule has 0 aliphatic heterocycles. The number of phenols is 1. The SMILES string of the molecule is Cn1cc(CNc2cccc(O)c2)cn1. The zero-order valence-corrected chi connectivity index (χ0v) is 8.51. The minimum Gasteiger partial charge on any atom is -0.508 e. The van der Waals surface area contributed by atoms with Gasteiger partial charge in [0, 0.05) is 37.1 Å². The third-order valence-electron chi connectivity index (χ3n) is 2.10. The summed E-state index contributed by atoms with van der Waals surface area (Å²) in [7, 11) is 1.89. The first-order chi connectivity index (χ1) is 7.24. The number of hydrogen-bond acceptors (Lipinski definition) is 3. The molecule has 1 heterocycles. The molecule has 4 heteroatoms. The van der Waals surface area contributed by atoms with Crippen LogP contribution in [0.4, 0.5) is 5.69 Å². The Labute approximate surface area is 88.2 Å². The first-order valence-electron chi connectivity index (χ1n) is 4.74. The molecule has 0 amide bonds. The fourth-order valence-corrected chi connectivity index (χ4v) is 1.38. The van der Waals surface area contributed by atoms with E-state index in [1.165, 1.54) is 0 Å². The van der Waals surface area contributed by atoms with Crippen molar-refractivity contribution in [1.82, 2.24) is 9.78 Å². The third kappa shape index (κ3) is 2.49. The summed E-state index contributed by atoms with van der Waals surface area (Å²) in [6, 6.07) is 7.06. The van der Waals surface area contributed by atoms with E-state index < -0.39 is 0 Å². The van der Waals surface area contributed by atoms with Crippen LogP contribution in [0.1, 0.15) is 5.56 Å². The van der Waals surface area contributed by atoms with Gasteiger partial charge < -0.3 is 10.4 Å². The molecule has 0 saturated heterocycles. The Kier molecular flexibility index (Phi) is 2.58. The van der Waals surface area contributed by atoms with Gasteiger partial charge in [-0.15, -0.1) is 0 Å². The Bertz CT molecular complexity index is 451. The number of rotatable bonds is 3. The number of phenolic OH excluding ortho intramolecular Hbond substituents is 1. The summed E-state index contributed by atoms with van der Waals surface area (Å²) in [5.41, 5.74) is 2.01. The van der Waals surface area contributed by atoms with Crippen molar-refractivity contribution in [3.63, 3.8) is 0 Å². The van der Waals surface area contributed by atoms with Gasteiger partial charge in [0.05, 0.1) is 6.20 Å². The smallest absolute Gasteiger partial charge is 0.117 e. The van der Waals surface area contributed by atoms with Crippen LogP contribution in [-0.4, -0.2) is 14.9 Å². The van der Waals surface area contributed by atoms with Crippen LogP contribution >= 0.6 is 0 Å². The molecule has 0 fully saturated rings. The standard InChI is InChI=1S/C11H13N3O/c1-14-8-9(7-13-14)6-12-10-3-2-4-11(15)5-10/h2-5,7-8,12,15H,6H2,1H3. The van der Waals surface area contributed by atoms with Gasteiger partial charge in [0.25, 0.3) is 0 Å². The van der Waals surface area contributed by atoms with Gasteiger partial charge in [-0.3, -0.25) is 4.68 Å². The summed E-state index contributed by atoms with van der Waals surface area (Å²) >= 11 is 0. The number of anilines is 1. The molecule has 0 spiro atoms. The maximum Gasteiger partial charge on any atom is 0.117 e. The van der Waals surface area contributed by atoms with Crippen LogP contribution in [0.5, 0.6) is 5.75 Å². The van der Waals surface area contributed by atoms with Gasteiger partial charge in [0.2, 0.25) is 0 Å². The molecule has 78 valence electrons. The number of aromatic hydroxyl groups is 1. The van der Waals surface area contributed by atoms with Gasteiger partial charge in [-0.05, 0) is 12.1 Å². The van der Waals surface area contributed by atoms with Crippen molar-refractivity contribution < 1.29 is 5.11 Å². The van der Waals surface area contributed by atoms with Crippen molar-refractivity contribution in [2.45, 2.75) is 6.54 Å². The highest BCUT2D eigenvalue weighted by Crippen LogP contribution is 2.15. The average Bonchev–Trinajstić information content (AvgIpc) is 2.62. The fraction of sp³-hybridized carbons (Fsp3) is 0.182. The Morgan fingerprint density at radius 3 is 3.00 bits per heavy atom. The summed E-state index contributed by atoms with van der Waals surface area (Å²) in [5, 5.41) is 16.5. The van der Waals surface area contributed by atoms with Crippen molar-refractivity contribution in [2.75, 3.05) is 5.32 Å². The molecule has 1 aromatic heterocycles. The number of nitrogens with one attached hydrogen (secondary N) is 1. The van der Waals surface area contributed by atoms with Crippen LogP contribution in [0.2, 0.25) is 0 Å². The summed E-state index contributed by atoms with van der Waals surface area (Å²) in [4.78, 5) is 0. The van der Waals surface area contributed by atoms with E-state index >= 15 is 0 Å². The first kappa shape index (κ1) is 9.58. The largest absolute Gasteiger partial charge is 0.508 e. The van der Waals surface area contributed by atoms with Gasteiger partial charge >= 0.3 is 0 Å². The monoisotopic (exact) mass is 203 g/mol. The van der Waals surface area contributed by atoms with E-state index in [-0.39, 0.29) is 5.75 Å². The quantitative estimate of drug-likeness (QED) is 0.798. The minimum atomic E-state index is 0.270. The molecule has 1 aromatic carbocycles. The second-order valence-electron chi connectivity index (χ2n) is 3.43. The summed E-state index contributed by atoms with van der Waals surface area (Å²) in [6.45, 7) is 0.706. The normalized spacial score (nSPS) is 10.2. The summed E-state index contributed by atoms with van der Waals surface area (Å²) in [5.74, 6) is 0.270. The van der Waals surface area contributed by atoms with E-state index in [1.807, 2.05) is 25.5 Å². The van der Waals surface area contributed by atoms with Crippen molar-refractivity contribution in [2.24, 2.45) is 7.05 Å². The highest BCUT2D eigenvalue weighted by molar-refractivity contribution is 5.47. The van der Waals surface area contributed by atoms with Crippen LogP contribution in [-0.2, 0) is 13.6 Å². The van der Waals surface area contributed by atoms with Gasteiger partial charge in [0.15, 0.2) is 0 Å². The molecule has 0 saturated carbocycles. The van der Waals surface area contributed by atoms with Crippen molar-refractivity contribution in [3.8, 4) is 5.75 Å². The van der Waals surface area contributed by atoms with Crippen molar-refractivity contribution in [3.05, 3.63) is 42.2 Å². The second kappa shape index (κ2) is 4.04. The fourth-order valence-electron chi connectivity index (χ4n) is 1.38. The molecule has 0 aliphatic rings. The number of aryl methyl sites for hydroxylation is 1. The average molecular weight is 203 g/mol. The van der Waals surface area contributed by atoms with Gasteiger partial charge in [-0.25, -0.2) is 0 Å². The van der Waals surface area contributed by atoms with Gasteiger partial charge in [-0.2, -0.15) is 5.10 Å². The van der Waals surface area contributed by atoms with Crippen LogP contribution < -0.4 is 5.32 Å². The molecule has 15 heavy (non-hydrogen) atoms. The number of nitrogens with zero attached hydrogens (tertiary/aromatic N) is 2. The lowest BCUT2D eigenvalue weighted by Crippen LogP contribution is -1.97. The molecule has 2 N–H and O–H groups in total. The molecular weight excluding hydrogens is 190 g/mol. The molecule has 0 radical (unpaired) electrons. The van der Waals surface area contributed by atoms with Gasteiger partial charge in [-0.1, -0.05) is 6.07 Å². The molecule has 0 atom stereocenters. The zero-order chi connectivity index (χ0) is 10.7. The molecule has 4 nitrogen and oxygen atoms in total. The van der Waals surface area contributed by atoms with E-state index in [9.17, 15) is 5.11 Å². The Balaban J connectivity index is 1.99. The zero-order valence-electron chi connectivity index (χ0n) is 8.51. The van der Waals surface area contributed by atoms with E-state index in [4.69, 9.17) is 0 Å². The number of benzene rings is 1. The number of hydrogen-bond donors (Lipinski definition) is 2. The van der Waals surface area contributed by atoms with Crippen molar-refractivity contribution in [1.29, 1.82) is 0 Å². The lowest BCUT2D eigenvalue weighted by molar-refractivity contribution is 0.475. The second-order valence-corrected chi connectivity index (χ2v) is 3.43. The third-order valence-corrected chi connectivity index (χ3v) is 2.10. The first-order valence-corrected chi connectivity index (χ1v) is 4.74. The van der Waals surface area contributed by atoms with E-state index in [0.717, 1.165) is 11.3 Å². The van der Waals surface area contributed by atoms with Gasteiger partial charge in [0.1, 0.15) is 5.75 Å². The van der Waals surface area contributed by atoms with Crippen molar-refractivity contribution >= 4 is 5.69 Å². The maximum absolute atomic E-state index is 9.26. The lowest BCUT2D eigenvalue weighted by atomic mass is 10.3. The Morgan fingerprint density at radius 1 is 1.47 bits per heavy atom. The molecule has 0 aliphatic carbocycles. The number of aromatic nitrogens is 2. The maximum atomic E-state index is 9.26. The molecule has 0 bridgehead atoms. The molecule has 2 rings (SSSR count). The minimum absolute atomic E-state index is 0.270. The summed E-state index contributed by atoms with van der Waals surface area (Å²) in [6.07, 6.45) is 3.77. The van der Waals surface area contributed by atoms with E-state index in [0.29, 0.717) is 6.54 Å². The van der Waals surface area contributed by atoms with Crippen LogP contribution in [0.25, 0.3) is 0 Å². The van der Waals surface area contributed by atoms with E-state index in [2.05, 4.69) is 10.4 Å². The molecular formula is C11H13N3O. The van der Waals surface area contributed by atoms with Crippen LogP contribution in [0, 0.1) is 0 Å². The van der Waals surface area contributed by atoms with E-state index in [1.54, 1.807) is 22.9 Å². The highest BCUT2D eigenvalue weighted by Gasteiger charge is 1.97. The predicted octanol–water partition coefficient (Wildman–Crippen LogP) is 1.74. The lowest BCUT2D eigenvalue weighted by Gasteiger charge is -2.04. The Hall–Kier alpha value is -1.97. The topological polar surface area (TPSA) is 50.1 Å². The highest BCUT2D eigenvalue weighted by atomic mass is 16.3. The predicted molar refractivity (Wildman–Crippen MR) is 58.6 cm³/mol. The molecule has 0 unspecified atom stereocenters. The molecule has 2 aromatic rings.